The molecule has 0 saturated carbocycles. The number of hydrogen-bond donors (Lipinski definition) is 0. The van der Waals surface area contributed by atoms with Crippen LogP contribution in [0.4, 0.5) is 17.1 Å². The topological polar surface area (TPSA) is 16.1 Å². The smallest absolute Gasteiger partial charge is 0.124 e. The number of rotatable bonds is 5. The standard InChI is InChI=1S/C43H28N2S/c1-3-14-31(15-4-1)43-44-41-38-23-12-24-39(40(38)36-20-9-10-21-37(36)42(41)46-43)45(32-17-5-2-6-18-32)33-27-25-30(26-28-33)35-22-11-16-29-13-7-8-19-34(29)35/h1-28H. The molecule has 0 spiro atoms. The van der Waals surface area contributed by atoms with E-state index in [1.165, 1.54) is 42.8 Å². The van der Waals surface area contributed by atoms with Crippen molar-refractivity contribution < 1.29 is 0 Å². The van der Waals surface area contributed by atoms with E-state index in [1.807, 2.05) is 0 Å². The van der Waals surface area contributed by atoms with Gasteiger partial charge in [-0.2, -0.15) is 0 Å². The summed E-state index contributed by atoms with van der Waals surface area (Å²) in [6, 6.07) is 60.8. The zero-order valence-corrected chi connectivity index (χ0v) is 25.8. The van der Waals surface area contributed by atoms with Crippen molar-refractivity contribution >= 4 is 70.9 Å². The minimum atomic E-state index is 1.04. The van der Waals surface area contributed by atoms with Crippen molar-refractivity contribution in [2.75, 3.05) is 4.90 Å². The minimum Gasteiger partial charge on any atom is -0.310 e. The Bertz CT molecular complexity index is 2510. The van der Waals surface area contributed by atoms with E-state index in [1.54, 1.807) is 11.3 Å². The van der Waals surface area contributed by atoms with Gasteiger partial charge < -0.3 is 4.90 Å². The Morgan fingerprint density at radius 3 is 1.85 bits per heavy atom. The maximum Gasteiger partial charge on any atom is 0.124 e. The molecule has 9 rings (SSSR count). The quantitative estimate of drug-likeness (QED) is 0.182. The predicted molar refractivity (Wildman–Crippen MR) is 198 cm³/mol. The summed E-state index contributed by atoms with van der Waals surface area (Å²) >= 11 is 1.78. The highest BCUT2D eigenvalue weighted by atomic mass is 32.1. The van der Waals surface area contributed by atoms with Crippen LogP contribution in [0.5, 0.6) is 0 Å². The molecule has 0 bridgehead atoms. The van der Waals surface area contributed by atoms with Gasteiger partial charge in [0, 0.05) is 33.1 Å². The molecule has 0 atom stereocenters. The van der Waals surface area contributed by atoms with E-state index in [0.29, 0.717) is 0 Å². The lowest BCUT2D eigenvalue weighted by atomic mass is 9.97. The first-order valence-corrected chi connectivity index (χ1v) is 16.4. The Labute approximate surface area is 271 Å². The Balaban J connectivity index is 1.28. The maximum absolute atomic E-state index is 5.28. The Hall–Kier alpha value is -5.77. The summed E-state index contributed by atoms with van der Waals surface area (Å²) in [5.74, 6) is 0. The molecule has 0 radical (unpaired) electrons. The molecule has 0 unspecified atom stereocenters. The van der Waals surface area contributed by atoms with Crippen LogP contribution in [0.2, 0.25) is 0 Å². The predicted octanol–water partition coefficient (Wildman–Crippen LogP) is 12.6. The van der Waals surface area contributed by atoms with Gasteiger partial charge in [0.15, 0.2) is 0 Å². The van der Waals surface area contributed by atoms with Gasteiger partial charge in [-0.05, 0) is 57.6 Å². The number of benzene rings is 8. The fraction of sp³-hybridized carbons (Fsp3) is 0. The van der Waals surface area contributed by atoms with Crippen LogP contribution in [-0.2, 0) is 0 Å². The minimum absolute atomic E-state index is 1.04. The average molecular weight is 605 g/mol. The molecule has 0 aliphatic rings. The summed E-state index contributed by atoms with van der Waals surface area (Å²) in [5.41, 5.74) is 8.00. The Kier molecular flexibility index (Phi) is 6.36. The van der Waals surface area contributed by atoms with Crippen LogP contribution in [0.15, 0.2) is 170 Å². The number of para-hydroxylation sites is 1. The fourth-order valence-electron chi connectivity index (χ4n) is 6.77. The first-order valence-electron chi connectivity index (χ1n) is 15.6. The van der Waals surface area contributed by atoms with Crippen molar-refractivity contribution in [1.29, 1.82) is 0 Å². The fourth-order valence-corrected chi connectivity index (χ4v) is 7.89. The molecule has 9 aromatic rings. The van der Waals surface area contributed by atoms with E-state index >= 15 is 0 Å². The summed E-state index contributed by atoms with van der Waals surface area (Å²) in [7, 11) is 0. The van der Waals surface area contributed by atoms with E-state index < -0.39 is 0 Å². The molecular formula is C43H28N2S. The van der Waals surface area contributed by atoms with Crippen molar-refractivity contribution in [3.8, 4) is 21.7 Å². The number of thiazole rings is 1. The molecule has 2 nitrogen and oxygen atoms in total. The molecule has 0 N–H and O–H groups in total. The van der Waals surface area contributed by atoms with Gasteiger partial charge in [-0.15, -0.1) is 11.3 Å². The Morgan fingerprint density at radius 2 is 1.04 bits per heavy atom. The third-order valence-corrected chi connectivity index (χ3v) is 10.0. The average Bonchev–Trinajstić information content (AvgIpc) is 3.59. The third kappa shape index (κ3) is 4.36. The summed E-state index contributed by atoms with van der Waals surface area (Å²) in [6.07, 6.45) is 0. The summed E-state index contributed by atoms with van der Waals surface area (Å²) < 4.78 is 1.23. The van der Waals surface area contributed by atoms with Crippen LogP contribution in [0.25, 0.3) is 64.2 Å². The summed E-state index contributed by atoms with van der Waals surface area (Å²) in [4.78, 5) is 7.66. The van der Waals surface area contributed by atoms with Crippen molar-refractivity contribution in [3.63, 3.8) is 0 Å². The molecule has 0 aliphatic heterocycles. The molecular weight excluding hydrogens is 577 g/mol. The molecule has 216 valence electrons. The molecule has 0 aliphatic carbocycles. The molecule has 8 aromatic carbocycles. The molecule has 46 heavy (non-hydrogen) atoms. The van der Waals surface area contributed by atoms with Crippen LogP contribution in [-0.4, -0.2) is 4.98 Å². The number of fused-ring (bicyclic) bond motifs is 7. The van der Waals surface area contributed by atoms with Gasteiger partial charge >= 0.3 is 0 Å². The van der Waals surface area contributed by atoms with E-state index in [9.17, 15) is 0 Å². The van der Waals surface area contributed by atoms with E-state index in [-0.39, 0.29) is 0 Å². The van der Waals surface area contributed by atoms with Crippen molar-refractivity contribution in [3.05, 3.63) is 170 Å². The van der Waals surface area contributed by atoms with Gasteiger partial charge in [-0.3, -0.25) is 0 Å². The van der Waals surface area contributed by atoms with E-state index in [0.717, 1.165) is 38.5 Å². The molecule has 1 aromatic heterocycles. The summed E-state index contributed by atoms with van der Waals surface area (Å²) in [6.45, 7) is 0. The lowest BCUT2D eigenvalue weighted by molar-refractivity contribution is 1.30. The summed E-state index contributed by atoms with van der Waals surface area (Å²) in [5, 5.41) is 8.40. The molecule has 0 saturated heterocycles. The third-order valence-electron chi connectivity index (χ3n) is 8.87. The highest BCUT2D eigenvalue weighted by Gasteiger charge is 2.21. The van der Waals surface area contributed by atoms with E-state index in [4.69, 9.17) is 4.98 Å². The van der Waals surface area contributed by atoms with Crippen molar-refractivity contribution in [2.24, 2.45) is 0 Å². The van der Waals surface area contributed by atoms with Crippen LogP contribution in [0.3, 0.4) is 0 Å². The van der Waals surface area contributed by atoms with Gasteiger partial charge in [-0.1, -0.05) is 140 Å². The maximum atomic E-state index is 5.28. The lowest BCUT2D eigenvalue weighted by Crippen LogP contribution is -2.10. The molecule has 1 heterocycles. The van der Waals surface area contributed by atoms with Gasteiger partial charge in [-0.25, -0.2) is 4.98 Å². The highest BCUT2D eigenvalue weighted by molar-refractivity contribution is 7.22. The second kappa shape index (κ2) is 11.0. The molecule has 3 heteroatoms. The number of aromatic nitrogens is 1. The lowest BCUT2D eigenvalue weighted by Gasteiger charge is -2.27. The van der Waals surface area contributed by atoms with Gasteiger partial charge in [0.1, 0.15) is 5.01 Å². The molecule has 0 fully saturated rings. The largest absolute Gasteiger partial charge is 0.310 e. The van der Waals surface area contributed by atoms with Gasteiger partial charge in [0.05, 0.1) is 15.9 Å². The van der Waals surface area contributed by atoms with Crippen molar-refractivity contribution in [1.82, 2.24) is 4.98 Å². The van der Waals surface area contributed by atoms with Crippen LogP contribution >= 0.6 is 11.3 Å². The first-order chi connectivity index (χ1) is 22.8. The normalized spacial score (nSPS) is 11.5. The van der Waals surface area contributed by atoms with Gasteiger partial charge in [0.2, 0.25) is 0 Å². The second-order valence-corrected chi connectivity index (χ2v) is 12.6. The van der Waals surface area contributed by atoms with Crippen LogP contribution in [0, 0.1) is 0 Å². The van der Waals surface area contributed by atoms with Crippen LogP contribution < -0.4 is 4.90 Å². The van der Waals surface area contributed by atoms with E-state index in [2.05, 4.69) is 175 Å². The highest BCUT2D eigenvalue weighted by Crippen LogP contribution is 2.46. The zero-order chi connectivity index (χ0) is 30.5. The monoisotopic (exact) mass is 604 g/mol. The molecule has 0 amide bonds. The first kappa shape index (κ1) is 26.6. The van der Waals surface area contributed by atoms with Crippen molar-refractivity contribution in [2.45, 2.75) is 0 Å². The van der Waals surface area contributed by atoms with Gasteiger partial charge in [0.25, 0.3) is 0 Å². The zero-order valence-electron chi connectivity index (χ0n) is 25.0. The number of hydrogen-bond acceptors (Lipinski definition) is 3. The number of anilines is 3. The second-order valence-electron chi connectivity index (χ2n) is 11.6. The number of nitrogens with zero attached hydrogens (tertiary/aromatic N) is 2. The Morgan fingerprint density at radius 1 is 0.435 bits per heavy atom. The van der Waals surface area contributed by atoms with Crippen LogP contribution in [0.1, 0.15) is 0 Å². The SMILES string of the molecule is c1ccc(-c2nc3c4cccc(N(c5ccccc5)c5ccc(-c6cccc7ccccc67)cc5)c4c4ccccc4c3s2)cc1.